The highest BCUT2D eigenvalue weighted by atomic mass is 16.1. The molecule has 3 aromatic heterocycles. The molecule has 3 rings (SSSR count). The van der Waals surface area contributed by atoms with Crippen LogP contribution in [0.15, 0.2) is 25.2 Å². The highest BCUT2D eigenvalue weighted by Gasteiger charge is 2.03. The van der Waals surface area contributed by atoms with Crippen LogP contribution in [0.1, 0.15) is 0 Å². The number of anilines is 3. The topological polar surface area (TPSA) is 161 Å². The second-order valence-electron chi connectivity index (χ2n) is 3.44. The summed E-state index contributed by atoms with van der Waals surface area (Å²) in [5, 5.41) is 2.29. The lowest BCUT2D eigenvalue weighted by molar-refractivity contribution is -0.105. The van der Waals surface area contributed by atoms with Crippen molar-refractivity contribution in [2.75, 3.05) is 16.8 Å². The fourth-order valence-electron chi connectivity index (χ4n) is 1.31. The lowest BCUT2D eigenvalue weighted by Gasteiger charge is -2.03. The number of imidazole rings is 1. The predicted molar refractivity (Wildman–Crippen MR) is 72.2 cm³/mol. The molecule has 10 heteroatoms. The summed E-state index contributed by atoms with van der Waals surface area (Å²) >= 11 is 0. The summed E-state index contributed by atoms with van der Waals surface area (Å²) < 4.78 is 0. The normalized spacial score (nSPS) is 9.60. The van der Waals surface area contributed by atoms with Gasteiger partial charge in [-0.25, -0.2) is 24.9 Å². The van der Waals surface area contributed by atoms with E-state index in [1.54, 1.807) is 12.5 Å². The predicted octanol–water partition coefficient (Wildman–Crippen LogP) is -0.438. The number of amides is 1. The van der Waals surface area contributed by atoms with Gasteiger partial charge in [0.05, 0.1) is 12.5 Å². The Balaban J connectivity index is 0.000000149. The van der Waals surface area contributed by atoms with Crippen molar-refractivity contribution in [3.05, 3.63) is 25.2 Å². The third kappa shape index (κ3) is 2.93. The third-order valence-electron chi connectivity index (χ3n) is 2.21. The summed E-state index contributed by atoms with van der Waals surface area (Å²) in [6.07, 6.45) is 6.45. The zero-order valence-corrected chi connectivity index (χ0v) is 10.2. The summed E-state index contributed by atoms with van der Waals surface area (Å²) in [6.45, 7) is 0. The fraction of sp³-hybridized carbons (Fsp3) is 0. The largest absolute Gasteiger partial charge is 0.382 e. The van der Waals surface area contributed by atoms with E-state index in [1.807, 2.05) is 0 Å². The molecule has 6 N–H and O–H groups in total. The first kappa shape index (κ1) is 13.1. The van der Waals surface area contributed by atoms with Gasteiger partial charge in [0.25, 0.3) is 0 Å². The van der Waals surface area contributed by atoms with Gasteiger partial charge in [-0.05, 0) is 0 Å². The van der Waals surface area contributed by atoms with Crippen LogP contribution in [0.3, 0.4) is 0 Å². The van der Waals surface area contributed by atoms with Crippen LogP contribution in [-0.2, 0) is 4.79 Å². The van der Waals surface area contributed by atoms with E-state index in [4.69, 9.17) is 11.5 Å². The van der Waals surface area contributed by atoms with Crippen LogP contribution in [0.5, 0.6) is 0 Å². The molecule has 3 heterocycles. The molecule has 0 bridgehead atoms. The lowest BCUT2D eigenvalue weighted by Crippen LogP contribution is -2.06. The van der Waals surface area contributed by atoms with Crippen molar-refractivity contribution in [2.45, 2.75) is 0 Å². The zero-order chi connectivity index (χ0) is 14.4. The summed E-state index contributed by atoms with van der Waals surface area (Å²) in [6, 6.07) is 0. The Morgan fingerprint density at radius 1 is 1.10 bits per heavy atom. The zero-order valence-electron chi connectivity index (χ0n) is 10.2. The Bertz CT molecular complexity index is 660. The van der Waals surface area contributed by atoms with Crippen LogP contribution in [0, 0.1) is 0 Å². The Kier molecular flexibility index (Phi) is 3.97. The Hall–Kier alpha value is -3.30. The average molecular weight is 273 g/mol. The number of nitrogens with zero attached hydrogens (tertiary/aromatic N) is 5. The molecule has 0 radical (unpaired) electrons. The Morgan fingerprint density at radius 3 is 2.50 bits per heavy atom. The number of hydrogen-bond acceptors (Lipinski definition) is 8. The molecule has 0 unspecified atom stereocenters. The molecular weight excluding hydrogens is 262 g/mol. The molecule has 1 amide bonds. The standard InChI is InChI=1S/C5H7N5O.C5H4N4/c6-4-3(10-2-11)5(7)9-1-8-4;1-4-5(8-2-6-1)9-3-7-4/h1-2H,(H,10,11)(H4,6,7,8,9);1-3H,(H,6,7,8,9). The van der Waals surface area contributed by atoms with E-state index < -0.39 is 0 Å². The summed E-state index contributed by atoms with van der Waals surface area (Å²) in [5.41, 5.74) is 12.5. The van der Waals surface area contributed by atoms with E-state index in [0.29, 0.717) is 12.1 Å². The summed E-state index contributed by atoms with van der Waals surface area (Å²) in [5.74, 6) is 0.314. The number of nitrogens with one attached hydrogen (secondary N) is 2. The highest BCUT2D eigenvalue weighted by molar-refractivity contribution is 5.84. The van der Waals surface area contributed by atoms with E-state index in [2.05, 4.69) is 35.2 Å². The number of nitrogen functional groups attached to an aromatic ring is 2. The minimum atomic E-state index is 0.157. The first-order chi connectivity index (χ1) is 9.72. The Labute approximate surface area is 112 Å². The lowest BCUT2D eigenvalue weighted by atomic mass is 10.4. The van der Waals surface area contributed by atoms with Gasteiger partial charge in [-0.1, -0.05) is 0 Å². The van der Waals surface area contributed by atoms with Gasteiger partial charge in [0, 0.05) is 0 Å². The van der Waals surface area contributed by atoms with Gasteiger partial charge >= 0.3 is 0 Å². The van der Waals surface area contributed by atoms with E-state index >= 15 is 0 Å². The van der Waals surface area contributed by atoms with Crippen LogP contribution in [-0.4, -0.2) is 36.3 Å². The number of rotatable bonds is 2. The van der Waals surface area contributed by atoms with Gasteiger partial charge in [0.1, 0.15) is 23.9 Å². The van der Waals surface area contributed by atoms with Gasteiger partial charge in [-0.2, -0.15) is 0 Å². The molecule has 0 spiro atoms. The maximum absolute atomic E-state index is 10.0. The number of nitrogens with two attached hydrogens (primary N) is 2. The van der Waals surface area contributed by atoms with Crippen molar-refractivity contribution in [3.63, 3.8) is 0 Å². The van der Waals surface area contributed by atoms with Gasteiger partial charge in [-0.15, -0.1) is 0 Å². The highest BCUT2D eigenvalue weighted by Crippen LogP contribution is 2.19. The maximum Gasteiger partial charge on any atom is 0.211 e. The number of carbonyl (C=O) groups is 1. The number of aromatic nitrogens is 6. The van der Waals surface area contributed by atoms with E-state index in [9.17, 15) is 4.79 Å². The van der Waals surface area contributed by atoms with E-state index in [-0.39, 0.29) is 17.3 Å². The minimum absolute atomic E-state index is 0.157. The van der Waals surface area contributed by atoms with Crippen molar-refractivity contribution in [1.82, 2.24) is 29.9 Å². The van der Waals surface area contributed by atoms with Gasteiger partial charge < -0.3 is 21.8 Å². The first-order valence-corrected chi connectivity index (χ1v) is 5.37. The van der Waals surface area contributed by atoms with Crippen LogP contribution < -0.4 is 16.8 Å². The quantitative estimate of drug-likeness (QED) is 0.457. The molecule has 0 aliphatic rings. The van der Waals surface area contributed by atoms with Crippen molar-refractivity contribution in [3.8, 4) is 0 Å². The minimum Gasteiger partial charge on any atom is -0.382 e. The van der Waals surface area contributed by atoms with E-state index in [1.165, 1.54) is 12.7 Å². The van der Waals surface area contributed by atoms with Gasteiger partial charge in [0.15, 0.2) is 17.3 Å². The van der Waals surface area contributed by atoms with Crippen molar-refractivity contribution < 1.29 is 4.79 Å². The van der Waals surface area contributed by atoms with Crippen LogP contribution >= 0.6 is 0 Å². The molecular formula is C10H11N9O. The molecule has 0 aliphatic carbocycles. The molecule has 3 aromatic rings. The number of carbonyl (C=O) groups excluding carboxylic acids is 1. The first-order valence-electron chi connectivity index (χ1n) is 5.37. The molecule has 0 saturated heterocycles. The molecule has 0 fully saturated rings. The molecule has 20 heavy (non-hydrogen) atoms. The smallest absolute Gasteiger partial charge is 0.211 e. The Morgan fingerprint density at radius 2 is 1.85 bits per heavy atom. The number of fused-ring (bicyclic) bond motifs is 1. The van der Waals surface area contributed by atoms with Crippen LogP contribution in [0.4, 0.5) is 17.3 Å². The van der Waals surface area contributed by atoms with Gasteiger partial charge in [0.2, 0.25) is 6.41 Å². The molecule has 102 valence electrons. The van der Waals surface area contributed by atoms with Crippen LogP contribution in [0.25, 0.3) is 11.2 Å². The summed E-state index contributed by atoms with van der Waals surface area (Å²) in [7, 11) is 0. The number of aromatic amines is 1. The number of H-pyrrole nitrogens is 1. The fourth-order valence-corrected chi connectivity index (χ4v) is 1.31. The van der Waals surface area contributed by atoms with Crippen LogP contribution in [0.2, 0.25) is 0 Å². The monoisotopic (exact) mass is 273 g/mol. The maximum atomic E-state index is 10.0. The SMILES string of the molecule is Nc1ncnc(N)c1NC=O.c1ncc2[nH]cnc2n1. The second-order valence-corrected chi connectivity index (χ2v) is 3.44. The molecule has 0 aliphatic heterocycles. The third-order valence-corrected chi connectivity index (χ3v) is 2.21. The van der Waals surface area contributed by atoms with Crippen molar-refractivity contribution >= 4 is 34.9 Å². The summed E-state index contributed by atoms with van der Waals surface area (Å²) in [4.78, 5) is 31.7. The molecule has 0 aromatic carbocycles. The molecule has 10 nitrogen and oxygen atoms in total. The number of hydrogen-bond donors (Lipinski definition) is 4. The van der Waals surface area contributed by atoms with Gasteiger partial charge in [-0.3, -0.25) is 4.79 Å². The van der Waals surface area contributed by atoms with E-state index in [0.717, 1.165) is 5.52 Å². The average Bonchev–Trinajstić information content (AvgIpc) is 2.92. The van der Waals surface area contributed by atoms with Crippen molar-refractivity contribution in [1.29, 1.82) is 0 Å². The molecule has 0 atom stereocenters. The van der Waals surface area contributed by atoms with Crippen molar-refractivity contribution in [2.24, 2.45) is 0 Å². The second kappa shape index (κ2) is 6.04. The molecule has 0 saturated carbocycles.